The normalized spacial score (nSPS) is 23.5. The fraction of sp³-hybridized carbons (Fsp3) is 0.588. The lowest BCUT2D eigenvalue weighted by atomic mass is 10.1. The molecule has 0 radical (unpaired) electrons. The van der Waals surface area contributed by atoms with Crippen LogP contribution < -0.4 is 0 Å². The fourth-order valence-electron chi connectivity index (χ4n) is 3.83. The van der Waals surface area contributed by atoms with E-state index in [-0.39, 0.29) is 35.9 Å². The SMILES string of the molecule is O=C(Cc1c(Cl)cccc1Cl)N(C1CCCC1)C1CCS(=O)(=O)C1. The standard InChI is InChI=1S/C17H21Cl2NO3S/c18-15-6-3-7-16(19)14(15)10-17(21)20(12-4-1-2-5-12)13-8-9-24(22,23)11-13/h3,6-7,12-13H,1-2,4-5,8-11H2. The summed E-state index contributed by atoms with van der Waals surface area (Å²) in [6.07, 6.45) is 4.70. The predicted molar refractivity (Wildman–Crippen MR) is 96.3 cm³/mol. The van der Waals surface area contributed by atoms with Crippen LogP contribution in [0.15, 0.2) is 18.2 Å². The number of hydrogen-bond donors (Lipinski definition) is 0. The minimum Gasteiger partial charge on any atom is -0.335 e. The lowest BCUT2D eigenvalue weighted by molar-refractivity contribution is -0.134. The summed E-state index contributed by atoms with van der Waals surface area (Å²) >= 11 is 12.4. The molecule has 1 aromatic rings. The summed E-state index contributed by atoms with van der Waals surface area (Å²) in [7, 11) is -3.04. The second-order valence-electron chi connectivity index (χ2n) is 6.67. The molecular weight excluding hydrogens is 369 g/mol. The molecular formula is C17H21Cl2NO3S. The zero-order valence-corrected chi connectivity index (χ0v) is 15.7. The molecule has 3 rings (SSSR count). The largest absolute Gasteiger partial charge is 0.335 e. The summed E-state index contributed by atoms with van der Waals surface area (Å²) in [6.45, 7) is 0. The van der Waals surface area contributed by atoms with Gasteiger partial charge in [-0.2, -0.15) is 0 Å². The van der Waals surface area contributed by atoms with Gasteiger partial charge in [-0.15, -0.1) is 0 Å². The smallest absolute Gasteiger partial charge is 0.227 e. The van der Waals surface area contributed by atoms with Crippen molar-refractivity contribution in [2.24, 2.45) is 0 Å². The highest BCUT2D eigenvalue weighted by Crippen LogP contribution is 2.31. The van der Waals surface area contributed by atoms with Crippen LogP contribution in [0.5, 0.6) is 0 Å². The van der Waals surface area contributed by atoms with Gasteiger partial charge in [0.15, 0.2) is 9.84 Å². The van der Waals surface area contributed by atoms with Crippen LogP contribution in [0.3, 0.4) is 0 Å². The van der Waals surface area contributed by atoms with E-state index >= 15 is 0 Å². The summed E-state index contributed by atoms with van der Waals surface area (Å²) in [4.78, 5) is 14.8. The van der Waals surface area contributed by atoms with E-state index in [1.165, 1.54) is 0 Å². The average molecular weight is 390 g/mol. The van der Waals surface area contributed by atoms with Crippen molar-refractivity contribution in [1.82, 2.24) is 4.90 Å². The number of sulfone groups is 1. The van der Waals surface area contributed by atoms with E-state index in [1.54, 1.807) is 18.2 Å². The number of carbonyl (C=O) groups excluding carboxylic acids is 1. The molecule has 132 valence electrons. The third kappa shape index (κ3) is 3.89. The molecule has 1 aliphatic carbocycles. The van der Waals surface area contributed by atoms with Gasteiger partial charge in [-0.3, -0.25) is 4.79 Å². The summed E-state index contributed by atoms with van der Waals surface area (Å²) in [6, 6.07) is 5.10. The second-order valence-corrected chi connectivity index (χ2v) is 9.72. The predicted octanol–water partition coefficient (Wildman–Crippen LogP) is 3.49. The Morgan fingerprint density at radius 2 is 1.71 bits per heavy atom. The first kappa shape index (κ1) is 18.0. The lowest BCUT2D eigenvalue weighted by Gasteiger charge is -2.34. The van der Waals surface area contributed by atoms with Crippen LogP contribution >= 0.6 is 23.2 Å². The topological polar surface area (TPSA) is 54.5 Å². The second kappa shape index (κ2) is 7.22. The van der Waals surface area contributed by atoms with E-state index in [4.69, 9.17) is 23.2 Å². The van der Waals surface area contributed by atoms with E-state index in [0.717, 1.165) is 25.7 Å². The van der Waals surface area contributed by atoms with Crippen molar-refractivity contribution >= 4 is 38.9 Å². The van der Waals surface area contributed by atoms with Crippen LogP contribution in [0, 0.1) is 0 Å². The van der Waals surface area contributed by atoms with E-state index in [2.05, 4.69) is 0 Å². The van der Waals surface area contributed by atoms with Crippen LogP contribution in [0.2, 0.25) is 10.0 Å². The van der Waals surface area contributed by atoms with Gasteiger partial charge in [0.2, 0.25) is 5.91 Å². The number of carbonyl (C=O) groups is 1. The Hall–Kier alpha value is -0.780. The zero-order chi connectivity index (χ0) is 17.3. The lowest BCUT2D eigenvalue weighted by Crippen LogP contribution is -2.47. The van der Waals surface area contributed by atoms with Crippen LogP contribution in [-0.4, -0.2) is 42.8 Å². The first-order valence-corrected chi connectivity index (χ1v) is 10.9. The van der Waals surface area contributed by atoms with Crippen LogP contribution in [0.1, 0.15) is 37.7 Å². The minimum atomic E-state index is -3.04. The molecule has 1 aromatic carbocycles. The molecule has 0 bridgehead atoms. The van der Waals surface area contributed by atoms with Crippen molar-refractivity contribution in [3.05, 3.63) is 33.8 Å². The summed E-state index contributed by atoms with van der Waals surface area (Å²) < 4.78 is 23.7. The van der Waals surface area contributed by atoms with Gasteiger partial charge in [0, 0.05) is 22.1 Å². The molecule has 1 aliphatic heterocycles. The molecule has 1 heterocycles. The number of rotatable bonds is 4. The maximum Gasteiger partial charge on any atom is 0.227 e. The van der Waals surface area contributed by atoms with E-state index in [1.807, 2.05) is 4.90 Å². The number of halogens is 2. The first-order valence-electron chi connectivity index (χ1n) is 8.32. The van der Waals surface area contributed by atoms with E-state index in [9.17, 15) is 13.2 Å². The monoisotopic (exact) mass is 389 g/mol. The van der Waals surface area contributed by atoms with Crippen molar-refractivity contribution < 1.29 is 13.2 Å². The molecule has 1 unspecified atom stereocenters. The molecule has 0 spiro atoms. The molecule has 1 saturated carbocycles. The summed E-state index contributed by atoms with van der Waals surface area (Å²) in [5, 5.41) is 0.947. The van der Waals surface area contributed by atoms with Crippen molar-refractivity contribution in [2.75, 3.05) is 11.5 Å². The van der Waals surface area contributed by atoms with Gasteiger partial charge in [-0.25, -0.2) is 8.42 Å². The van der Waals surface area contributed by atoms with Crippen LogP contribution in [0.25, 0.3) is 0 Å². The first-order chi connectivity index (χ1) is 11.4. The van der Waals surface area contributed by atoms with E-state index in [0.29, 0.717) is 22.0 Å². The molecule has 1 amide bonds. The quantitative estimate of drug-likeness (QED) is 0.791. The van der Waals surface area contributed by atoms with Gasteiger partial charge in [-0.05, 0) is 37.0 Å². The Morgan fingerprint density at radius 1 is 1.08 bits per heavy atom. The maximum atomic E-state index is 13.0. The maximum absolute atomic E-state index is 13.0. The molecule has 1 saturated heterocycles. The van der Waals surface area contributed by atoms with Crippen molar-refractivity contribution in [1.29, 1.82) is 0 Å². The number of benzene rings is 1. The zero-order valence-electron chi connectivity index (χ0n) is 13.4. The van der Waals surface area contributed by atoms with Gasteiger partial charge in [0.1, 0.15) is 0 Å². The molecule has 4 nitrogen and oxygen atoms in total. The number of hydrogen-bond acceptors (Lipinski definition) is 3. The molecule has 2 aliphatic rings. The molecule has 1 atom stereocenters. The molecule has 7 heteroatoms. The Bertz CT molecular complexity index is 709. The van der Waals surface area contributed by atoms with Crippen LogP contribution in [-0.2, 0) is 21.1 Å². The minimum absolute atomic E-state index is 0.0704. The van der Waals surface area contributed by atoms with Gasteiger partial charge in [-0.1, -0.05) is 42.1 Å². The van der Waals surface area contributed by atoms with Crippen molar-refractivity contribution in [2.45, 2.75) is 50.6 Å². The Balaban J connectivity index is 1.84. The molecule has 24 heavy (non-hydrogen) atoms. The molecule has 0 aromatic heterocycles. The van der Waals surface area contributed by atoms with Crippen LogP contribution in [0.4, 0.5) is 0 Å². The van der Waals surface area contributed by atoms with Gasteiger partial charge in [0.05, 0.1) is 17.9 Å². The van der Waals surface area contributed by atoms with Crippen molar-refractivity contribution in [3.8, 4) is 0 Å². The Morgan fingerprint density at radius 3 is 2.25 bits per heavy atom. The summed E-state index contributed by atoms with van der Waals surface area (Å²) in [5.41, 5.74) is 0.620. The third-order valence-electron chi connectivity index (χ3n) is 5.00. The summed E-state index contributed by atoms with van der Waals surface area (Å²) in [5.74, 6) is 0.172. The Kier molecular flexibility index (Phi) is 5.42. The van der Waals surface area contributed by atoms with Gasteiger partial charge >= 0.3 is 0 Å². The Labute approximate surface area is 153 Å². The highest BCUT2D eigenvalue weighted by atomic mass is 35.5. The van der Waals surface area contributed by atoms with E-state index < -0.39 is 9.84 Å². The highest BCUT2D eigenvalue weighted by molar-refractivity contribution is 7.91. The van der Waals surface area contributed by atoms with Crippen molar-refractivity contribution in [3.63, 3.8) is 0 Å². The molecule has 0 N–H and O–H groups in total. The molecule has 2 fully saturated rings. The van der Waals surface area contributed by atoms with Gasteiger partial charge < -0.3 is 4.90 Å². The number of amides is 1. The highest BCUT2D eigenvalue weighted by Gasteiger charge is 2.39. The average Bonchev–Trinajstić information content (AvgIpc) is 3.14. The fourth-order valence-corrected chi connectivity index (χ4v) is 6.07. The third-order valence-corrected chi connectivity index (χ3v) is 7.46. The van der Waals surface area contributed by atoms with Gasteiger partial charge in [0.25, 0.3) is 0 Å². The number of nitrogens with zero attached hydrogens (tertiary/aromatic N) is 1.